The first-order valence-corrected chi connectivity index (χ1v) is 6.13. The van der Waals surface area contributed by atoms with Gasteiger partial charge in [-0.1, -0.05) is 0 Å². The molecular formula is C11H15N5O4. The number of aliphatic hydroxyl groups is 2. The number of fused-ring (bicyclic) bond motifs is 1. The molecule has 3 heterocycles. The summed E-state index contributed by atoms with van der Waals surface area (Å²) in [6, 6.07) is 0. The molecule has 2 aromatic rings. The number of ether oxygens (including phenoxy) is 1. The van der Waals surface area contributed by atoms with E-state index in [0.29, 0.717) is 0 Å². The van der Waals surface area contributed by atoms with Crippen LogP contribution in [0.3, 0.4) is 0 Å². The zero-order valence-corrected chi connectivity index (χ0v) is 10.8. The van der Waals surface area contributed by atoms with Gasteiger partial charge in [-0.15, -0.1) is 0 Å². The van der Waals surface area contributed by atoms with E-state index in [4.69, 9.17) is 15.6 Å². The molecule has 3 unspecified atom stereocenters. The molecule has 3 atom stereocenters. The first kappa shape index (κ1) is 13.0. The van der Waals surface area contributed by atoms with E-state index in [0.717, 1.165) is 0 Å². The number of nitrogen functional groups attached to an aromatic ring is 1. The fourth-order valence-electron chi connectivity index (χ4n) is 2.53. The van der Waals surface area contributed by atoms with E-state index in [-0.39, 0.29) is 30.1 Å². The Morgan fingerprint density at radius 2 is 2.45 bits per heavy atom. The number of aromatic amines is 1. The summed E-state index contributed by atoms with van der Waals surface area (Å²) in [4.78, 5) is 22.1. The number of imidazole rings is 1. The average molecular weight is 281 g/mol. The maximum absolute atomic E-state index is 11.7. The van der Waals surface area contributed by atoms with Gasteiger partial charge >= 0.3 is 0 Å². The molecule has 0 radical (unpaired) electrons. The van der Waals surface area contributed by atoms with E-state index >= 15 is 0 Å². The number of nitrogens with two attached hydrogens (primary N) is 1. The maximum Gasteiger partial charge on any atom is 0.280 e. The number of rotatable bonds is 2. The number of hydrogen-bond acceptors (Lipinski definition) is 7. The van der Waals surface area contributed by atoms with Gasteiger partial charge in [0.05, 0.1) is 19.0 Å². The van der Waals surface area contributed by atoms with Crippen molar-refractivity contribution in [3.8, 4) is 0 Å². The maximum atomic E-state index is 11.7. The lowest BCUT2D eigenvalue weighted by Gasteiger charge is -2.24. The minimum Gasteiger partial charge on any atom is -0.394 e. The van der Waals surface area contributed by atoms with Crippen LogP contribution >= 0.6 is 0 Å². The van der Waals surface area contributed by atoms with Crippen molar-refractivity contribution in [2.75, 3.05) is 12.3 Å². The predicted molar refractivity (Wildman–Crippen MR) is 68.8 cm³/mol. The second-order valence-corrected chi connectivity index (χ2v) is 5.13. The lowest BCUT2D eigenvalue weighted by Crippen LogP contribution is -2.32. The zero-order valence-electron chi connectivity index (χ0n) is 10.8. The van der Waals surface area contributed by atoms with Crippen LogP contribution in [-0.2, 0) is 4.74 Å². The zero-order chi connectivity index (χ0) is 14.5. The van der Waals surface area contributed by atoms with Gasteiger partial charge < -0.3 is 20.7 Å². The van der Waals surface area contributed by atoms with Crippen molar-refractivity contribution in [1.82, 2.24) is 19.5 Å². The molecule has 0 aromatic carbocycles. The largest absolute Gasteiger partial charge is 0.394 e. The Kier molecular flexibility index (Phi) is 2.78. The highest BCUT2D eigenvalue weighted by molar-refractivity contribution is 5.70. The van der Waals surface area contributed by atoms with Crippen molar-refractivity contribution >= 4 is 17.1 Å². The molecule has 1 aliphatic rings. The fraction of sp³-hybridized carbons (Fsp3) is 0.545. The Labute approximate surface area is 113 Å². The number of nitrogens with zero attached hydrogens (tertiary/aromatic N) is 3. The third-order valence-electron chi connectivity index (χ3n) is 3.40. The molecule has 1 saturated heterocycles. The summed E-state index contributed by atoms with van der Waals surface area (Å²) >= 11 is 0. The van der Waals surface area contributed by atoms with Gasteiger partial charge in [0, 0.05) is 6.42 Å². The van der Waals surface area contributed by atoms with Gasteiger partial charge in [-0.2, -0.15) is 4.98 Å². The first-order valence-electron chi connectivity index (χ1n) is 6.13. The summed E-state index contributed by atoms with van der Waals surface area (Å²) in [7, 11) is 0. The molecule has 0 saturated carbocycles. The Hall–Kier alpha value is -1.97. The molecular weight excluding hydrogens is 266 g/mol. The van der Waals surface area contributed by atoms with Crippen LogP contribution in [0.5, 0.6) is 0 Å². The lowest BCUT2D eigenvalue weighted by molar-refractivity contribution is -0.0854. The Morgan fingerprint density at radius 3 is 3.10 bits per heavy atom. The van der Waals surface area contributed by atoms with Gasteiger partial charge in [-0.25, -0.2) is 4.98 Å². The summed E-state index contributed by atoms with van der Waals surface area (Å²) in [5.41, 5.74) is 4.21. The van der Waals surface area contributed by atoms with Gasteiger partial charge in [0.2, 0.25) is 5.95 Å². The Balaban J connectivity index is 2.13. The summed E-state index contributed by atoms with van der Waals surface area (Å²) in [5, 5.41) is 19.6. The van der Waals surface area contributed by atoms with Crippen molar-refractivity contribution in [3.63, 3.8) is 0 Å². The molecule has 9 heteroatoms. The number of aromatic nitrogens is 4. The molecule has 0 spiro atoms. The van der Waals surface area contributed by atoms with Crippen molar-refractivity contribution in [3.05, 3.63) is 16.7 Å². The molecule has 0 amide bonds. The first-order chi connectivity index (χ1) is 9.42. The Morgan fingerprint density at radius 1 is 1.70 bits per heavy atom. The number of hydrogen-bond donors (Lipinski definition) is 4. The van der Waals surface area contributed by atoms with Crippen molar-refractivity contribution in [2.45, 2.75) is 31.3 Å². The summed E-state index contributed by atoms with van der Waals surface area (Å²) < 4.78 is 7.04. The number of anilines is 1. The molecule has 1 fully saturated rings. The third-order valence-corrected chi connectivity index (χ3v) is 3.40. The van der Waals surface area contributed by atoms with Crippen LogP contribution < -0.4 is 11.3 Å². The van der Waals surface area contributed by atoms with Gasteiger partial charge in [0.25, 0.3) is 5.56 Å². The fourth-order valence-corrected chi connectivity index (χ4v) is 2.53. The van der Waals surface area contributed by atoms with Crippen molar-refractivity contribution in [2.24, 2.45) is 0 Å². The molecule has 108 valence electrons. The third kappa shape index (κ3) is 1.87. The highest BCUT2D eigenvalue weighted by Crippen LogP contribution is 2.38. The van der Waals surface area contributed by atoms with Crippen LogP contribution in [0.1, 0.15) is 19.6 Å². The SMILES string of the molecule is CC1(O)CC(CO)OC1n1cnc2c(=O)[nH]c(N)nc21. The second-order valence-electron chi connectivity index (χ2n) is 5.13. The monoisotopic (exact) mass is 281 g/mol. The van der Waals surface area contributed by atoms with Crippen molar-refractivity contribution in [1.29, 1.82) is 0 Å². The number of nitrogens with one attached hydrogen (secondary N) is 1. The topological polar surface area (TPSA) is 139 Å². The van der Waals surface area contributed by atoms with E-state index < -0.39 is 23.5 Å². The average Bonchev–Trinajstić information content (AvgIpc) is 2.89. The van der Waals surface area contributed by atoms with E-state index in [1.165, 1.54) is 10.9 Å². The quantitative estimate of drug-likeness (QED) is 0.538. The van der Waals surface area contributed by atoms with Crippen LogP contribution in [0.4, 0.5) is 5.95 Å². The summed E-state index contributed by atoms with van der Waals surface area (Å²) in [6.45, 7) is 1.39. The lowest BCUT2D eigenvalue weighted by atomic mass is 10.0. The van der Waals surface area contributed by atoms with E-state index in [2.05, 4.69) is 15.0 Å². The number of H-pyrrole nitrogens is 1. The van der Waals surface area contributed by atoms with Crippen LogP contribution in [0.15, 0.2) is 11.1 Å². The smallest absolute Gasteiger partial charge is 0.280 e. The highest BCUT2D eigenvalue weighted by Gasteiger charge is 2.45. The summed E-state index contributed by atoms with van der Waals surface area (Å²) in [5.74, 6) is -0.0411. The van der Waals surface area contributed by atoms with Crippen LogP contribution in [-0.4, -0.2) is 48.0 Å². The van der Waals surface area contributed by atoms with Gasteiger partial charge in [-0.05, 0) is 6.92 Å². The predicted octanol–water partition coefficient (Wildman–Crippen LogP) is -1.27. The molecule has 2 aromatic heterocycles. The van der Waals surface area contributed by atoms with E-state index in [1.807, 2.05) is 0 Å². The van der Waals surface area contributed by atoms with Crippen LogP contribution in [0.2, 0.25) is 0 Å². The van der Waals surface area contributed by atoms with Gasteiger partial charge in [0.15, 0.2) is 17.4 Å². The second kappa shape index (κ2) is 4.27. The van der Waals surface area contributed by atoms with Crippen LogP contribution in [0, 0.1) is 0 Å². The molecule has 20 heavy (non-hydrogen) atoms. The molecule has 5 N–H and O–H groups in total. The summed E-state index contributed by atoms with van der Waals surface area (Å²) in [6.07, 6.45) is 0.364. The van der Waals surface area contributed by atoms with Gasteiger partial charge in [0.1, 0.15) is 5.60 Å². The van der Waals surface area contributed by atoms with Crippen molar-refractivity contribution < 1.29 is 14.9 Å². The Bertz CT molecular complexity index is 706. The van der Waals surface area contributed by atoms with Gasteiger partial charge in [-0.3, -0.25) is 14.3 Å². The molecule has 0 aliphatic carbocycles. The molecule has 0 bridgehead atoms. The molecule has 9 nitrogen and oxygen atoms in total. The van der Waals surface area contributed by atoms with E-state index in [1.54, 1.807) is 6.92 Å². The minimum absolute atomic E-state index is 0.0411. The standard InChI is InChI=1S/C11H15N5O4/c1-11(19)2-5(3-17)20-9(11)16-4-13-6-7(16)14-10(12)15-8(6)18/h4-5,9,17,19H,2-3H2,1H3,(H3,12,14,15,18). The highest BCUT2D eigenvalue weighted by atomic mass is 16.5. The number of aliphatic hydroxyl groups excluding tert-OH is 1. The molecule has 1 aliphatic heterocycles. The molecule has 3 rings (SSSR count). The minimum atomic E-state index is -1.21. The van der Waals surface area contributed by atoms with E-state index in [9.17, 15) is 9.90 Å². The normalized spacial score (nSPS) is 30.1. The van der Waals surface area contributed by atoms with Crippen LogP contribution in [0.25, 0.3) is 11.2 Å².